The molecule has 5 heteroatoms. The molecule has 2 aliphatic rings. The number of fused-ring (bicyclic) bond motifs is 1. The highest BCUT2D eigenvalue weighted by atomic mass is 16.5. The lowest BCUT2D eigenvalue weighted by molar-refractivity contribution is -0.137. The van der Waals surface area contributed by atoms with Gasteiger partial charge in [0.2, 0.25) is 5.91 Å². The lowest BCUT2D eigenvalue weighted by atomic mass is 9.82. The summed E-state index contributed by atoms with van der Waals surface area (Å²) in [4.78, 5) is 22.2. The highest BCUT2D eigenvalue weighted by Gasteiger charge is 2.38. The highest BCUT2D eigenvalue weighted by Crippen LogP contribution is 2.34. The number of carbonyl (C=O) groups is 2. The molecule has 0 aromatic rings. The van der Waals surface area contributed by atoms with Crippen molar-refractivity contribution in [2.24, 2.45) is 5.92 Å². The summed E-state index contributed by atoms with van der Waals surface area (Å²) < 4.78 is 5.68. The number of rotatable bonds is 6. The molecule has 3 unspecified atom stereocenters. The van der Waals surface area contributed by atoms with Crippen LogP contribution in [0, 0.1) is 5.92 Å². The average Bonchev–Trinajstić information content (AvgIpc) is 2.84. The van der Waals surface area contributed by atoms with Crippen LogP contribution in [0.5, 0.6) is 0 Å². The SMILES string of the molecule is O=C(O)CCCCC(=O)NC1CCCC2OCCC12. The molecule has 108 valence electrons. The van der Waals surface area contributed by atoms with Crippen LogP contribution in [0.2, 0.25) is 0 Å². The minimum atomic E-state index is -0.793. The monoisotopic (exact) mass is 269 g/mol. The van der Waals surface area contributed by atoms with Crippen LogP contribution in [0.25, 0.3) is 0 Å². The van der Waals surface area contributed by atoms with Crippen LogP contribution in [0.4, 0.5) is 0 Å². The van der Waals surface area contributed by atoms with Crippen molar-refractivity contribution in [1.29, 1.82) is 0 Å². The zero-order valence-electron chi connectivity index (χ0n) is 11.3. The third-order valence-corrected chi connectivity index (χ3v) is 4.17. The van der Waals surface area contributed by atoms with Crippen LogP contribution in [0.3, 0.4) is 0 Å². The first-order chi connectivity index (χ1) is 9.16. The van der Waals surface area contributed by atoms with E-state index in [0.29, 0.717) is 31.3 Å². The van der Waals surface area contributed by atoms with E-state index in [9.17, 15) is 9.59 Å². The summed E-state index contributed by atoms with van der Waals surface area (Å²) in [5, 5.41) is 11.6. The van der Waals surface area contributed by atoms with E-state index in [1.54, 1.807) is 0 Å². The minimum absolute atomic E-state index is 0.0583. The Labute approximate surface area is 113 Å². The Hall–Kier alpha value is -1.10. The van der Waals surface area contributed by atoms with Crippen molar-refractivity contribution in [3.63, 3.8) is 0 Å². The van der Waals surface area contributed by atoms with Crippen LogP contribution in [0.15, 0.2) is 0 Å². The van der Waals surface area contributed by atoms with Gasteiger partial charge in [-0.2, -0.15) is 0 Å². The number of carbonyl (C=O) groups excluding carboxylic acids is 1. The largest absolute Gasteiger partial charge is 0.481 e. The topological polar surface area (TPSA) is 75.6 Å². The third-order valence-electron chi connectivity index (χ3n) is 4.17. The van der Waals surface area contributed by atoms with Crippen LogP contribution in [-0.4, -0.2) is 35.7 Å². The number of carboxylic acid groups (broad SMARTS) is 1. The fourth-order valence-corrected chi connectivity index (χ4v) is 3.20. The fourth-order valence-electron chi connectivity index (χ4n) is 3.20. The lowest BCUT2D eigenvalue weighted by Gasteiger charge is -2.33. The van der Waals surface area contributed by atoms with Crippen molar-refractivity contribution in [3.05, 3.63) is 0 Å². The summed E-state index contributed by atoms with van der Waals surface area (Å²) in [6.07, 6.45) is 6.47. The summed E-state index contributed by atoms with van der Waals surface area (Å²) in [6.45, 7) is 0.820. The van der Waals surface area contributed by atoms with Gasteiger partial charge in [0.15, 0.2) is 0 Å². The molecule has 2 N–H and O–H groups in total. The molecular formula is C14H23NO4. The smallest absolute Gasteiger partial charge is 0.303 e. The Balaban J connectivity index is 1.68. The number of hydrogen-bond acceptors (Lipinski definition) is 3. The fraction of sp³-hybridized carbons (Fsp3) is 0.857. The third kappa shape index (κ3) is 4.20. The van der Waals surface area contributed by atoms with Crippen molar-refractivity contribution in [1.82, 2.24) is 5.32 Å². The van der Waals surface area contributed by atoms with Gasteiger partial charge in [-0.1, -0.05) is 0 Å². The molecule has 1 amide bonds. The second-order valence-corrected chi connectivity index (χ2v) is 5.57. The number of aliphatic carboxylic acids is 1. The molecule has 1 aliphatic heterocycles. The first-order valence-corrected chi connectivity index (χ1v) is 7.29. The number of amides is 1. The Morgan fingerprint density at radius 1 is 1.16 bits per heavy atom. The molecule has 0 aromatic carbocycles. The van der Waals surface area contributed by atoms with Gasteiger partial charge in [0.25, 0.3) is 0 Å². The van der Waals surface area contributed by atoms with Gasteiger partial charge in [-0.15, -0.1) is 0 Å². The van der Waals surface area contributed by atoms with Crippen LogP contribution >= 0.6 is 0 Å². The minimum Gasteiger partial charge on any atom is -0.481 e. The predicted octanol–water partition coefficient (Wildman–Crippen LogP) is 1.71. The maximum Gasteiger partial charge on any atom is 0.303 e. The molecule has 1 aliphatic carbocycles. The Morgan fingerprint density at radius 3 is 2.74 bits per heavy atom. The van der Waals surface area contributed by atoms with Crippen LogP contribution < -0.4 is 5.32 Å². The summed E-state index contributed by atoms with van der Waals surface area (Å²) in [5.41, 5.74) is 0. The number of nitrogens with one attached hydrogen (secondary N) is 1. The summed E-state index contributed by atoms with van der Waals surface area (Å²) in [5.74, 6) is -0.252. The molecule has 19 heavy (non-hydrogen) atoms. The lowest BCUT2D eigenvalue weighted by Crippen LogP contribution is -2.45. The number of hydrogen-bond donors (Lipinski definition) is 2. The Bertz CT molecular complexity index is 331. The van der Waals surface area contributed by atoms with E-state index >= 15 is 0 Å². The van der Waals surface area contributed by atoms with E-state index in [-0.39, 0.29) is 18.4 Å². The van der Waals surface area contributed by atoms with Crippen molar-refractivity contribution in [3.8, 4) is 0 Å². The number of ether oxygens (including phenoxy) is 1. The average molecular weight is 269 g/mol. The van der Waals surface area contributed by atoms with Crippen LogP contribution in [-0.2, 0) is 14.3 Å². The zero-order chi connectivity index (χ0) is 13.7. The molecule has 0 radical (unpaired) electrons. The van der Waals surface area contributed by atoms with Crippen molar-refractivity contribution in [2.45, 2.75) is 63.5 Å². The van der Waals surface area contributed by atoms with Gasteiger partial charge in [-0.25, -0.2) is 0 Å². The molecule has 2 rings (SSSR count). The molecular weight excluding hydrogens is 246 g/mol. The van der Waals surface area contributed by atoms with Gasteiger partial charge in [-0.05, 0) is 38.5 Å². The quantitative estimate of drug-likeness (QED) is 0.720. The molecule has 1 saturated carbocycles. The Kier molecular flexibility index (Phi) is 5.19. The normalized spacial score (nSPS) is 29.8. The molecule has 3 atom stereocenters. The first kappa shape index (κ1) is 14.3. The standard InChI is InChI=1S/C14H23NO4/c16-13(6-1-2-7-14(17)18)15-11-4-3-5-12-10(11)8-9-19-12/h10-12H,1-9H2,(H,15,16)(H,17,18). The predicted molar refractivity (Wildman–Crippen MR) is 69.7 cm³/mol. The molecule has 1 heterocycles. The van der Waals surface area contributed by atoms with Gasteiger partial charge >= 0.3 is 5.97 Å². The van der Waals surface area contributed by atoms with E-state index in [1.807, 2.05) is 0 Å². The van der Waals surface area contributed by atoms with Gasteiger partial charge in [0, 0.05) is 31.4 Å². The van der Waals surface area contributed by atoms with Crippen molar-refractivity contribution >= 4 is 11.9 Å². The first-order valence-electron chi connectivity index (χ1n) is 7.29. The summed E-state index contributed by atoms with van der Waals surface area (Å²) in [6, 6.07) is 0.258. The van der Waals surface area contributed by atoms with E-state index in [4.69, 9.17) is 9.84 Å². The zero-order valence-corrected chi connectivity index (χ0v) is 11.3. The van der Waals surface area contributed by atoms with Gasteiger partial charge in [0.1, 0.15) is 0 Å². The molecule has 0 bridgehead atoms. The van der Waals surface area contributed by atoms with Crippen molar-refractivity contribution < 1.29 is 19.4 Å². The maximum absolute atomic E-state index is 11.8. The number of carboxylic acids is 1. The molecule has 0 aromatic heterocycles. The molecule has 0 spiro atoms. The van der Waals surface area contributed by atoms with E-state index < -0.39 is 5.97 Å². The van der Waals surface area contributed by atoms with E-state index in [1.165, 1.54) is 0 Å². The van der Waals surface area contributed by atoms with Crippen LogP contribution in [0.1, 0.15) is 51.4 Å². The maximum atomic E-state index is 11.8. The van der Waals surface area contributed by atoms with Gasteiger partial charge < -0.3 is 15.2 Å². The summed E-state index contributed by atoms with van der Waals surface area (Å²) in [7, 11) is 0. The number of unbranched alkanes of at least 4 members (excludes halogenated alkanes) is 1. The van der Waals surface area contributed by atoms with Crippen molar-refractivity contribution in [2.75, 3.05) is 6.61 Å². The molecule has 1 saturated heterocycles. The van der Waals surface area contributed by atoms with E-state index in [0.717, 1.165) is 32.3 Å². The molecule has 2 fully saturated rings. The van der Waals surface area contributed by atoms with E-state index in [2.05, 4.69) is 5.32 Å². The molecule has 5 nitrogen and oxygen atoms in total. The second kappa shape index (κ2) is 6.89. The van der Waals surface area contributed by atoms with Gasteiger partial charge in [0.05, 0.1) is 6.10 Å². The second-order valence-electron chi connectivity index (χ2n) is 5.57. The highest BCUT2D eigenvalue weighted by molar-refractivity contribution is 5.76. The van der Waals surface area contributed by atoms with Gasteiger partial charge in [-0.3, -0.25) is 9.59 Å². The summed E-state index contributed by atoms with van der Waals surface area (Å²) >= 11 is 0. The Morgan fingerprint density at radius 2 is 1.95 bits per heavy atom.